The summed E-state index contributed by atoms with van der Waals surface area (Å²) in [5.41, 5.74) is 2.03. The normalized spacial score (nSPS) is 12.2. The van der Waals surface area contributed by atoms with E-state index in [1.165, 1.54) is 17.7 Å². The van der Waals surface area contributed by atoms with Crippen LogP contribution in [-0.2, 0) is 0 Å². The first kappa shape index (κ1) is 12.9. The summed E-state index contributed by atoms with van der Waals surface area (Å²) in [5, 5.41) is 3.65. The molecule has 2 aromatic carbocycles. The fourth-order valence-corrected chi connectivity index (χ4v) is 2.03. The number of nitrogens with one attached hydrogen (secondary N) is 1. The van der Waals surface area contributed by atoms with Gasteiger partial charge >= 0.3 is 0 Å². The molecule has 0 heterocycles. The molecule has 0 saturated carbocycles. The van der Waals surface area contributed by atoms with Crippen molar-refractivity contribution in [3.05, 3.63) is 64.9 Å². The van der Waals surface area contributed by atoms with Crippen LogP contribution in [0.3, 0.4) is 0 Å². The van der Waals surface area contributed by atoms with Crippen molar-refractivity contribution in [2.75, 3.05) is 11.9 Å². The highest BCUT2D eigenvalue weighted by Gasteiger charge is 2.06. The molecule has 0 aliphatic heterocycles. The molecule has 0 radical (unpaired) electrons. The van der Waals surface area contributed by atoms with Gasteiger partial charge < -0.3 is 5.32 Å². The highest BCUT2D eigenvalue weighted by atomic mass is 35.5. The molecule has 1 N–H and O–H groups in total. The van der Waals surface area contributed by atoms with Crippen molar-refractivity contribution in [2.45, 2.75) is 12.8 Å². The maximum atomic E-state index is 12.9. The topological polar surface area (TPSA) is 12.0 Å². The van der Waals surface area contributed by atoms with Gasteiger partial charge in [-0.15, -0.1) is 0 Å². The number of benzene rings is 2. The van der Waals surface area contributed by atoms with Gasteiger partial charge in [-0.2, -0.15) is 0 Å². The Morgan fingerprint density at radius 2 is 1.89 bits per heavy atom. The Hall–Kier alpha value is -1.54. The Bertz CT molecular complexity index is 513. The van der Waals surface area contributed by atoms with Crippen molar-refractivity contribution < 1.29 is 4.39 Å². The van der Waals surface area contributed by atoms with Crippen LogP contribution in [0.25, 0.3) is 0 Å². The lowest BCUT2D eigenvalue weighted by atomic mass is 10.0. The third kappa shape index (κ3) is 3.23. The monoisotopic (exact) mass is 263 g/mol. The van der Waals surface area contributed by atoms with E-state index in [0.29, 0.717) is 10.9 Å². The number of rotatable bonds is 4. The summed E-state index contributed by atoms with van der Waals surface area (Å²) in [7, 11) is 0. The summed E-state index contributed by atoms with van der Waals surface area (Å²) in [5.74, 6) is 0.0500. The molecule has 0 aromatic heterocycles. The van der Waals surface area contributed by atoms with Crippen LogP contribution >= 0.6 is 11.6 Å². The standard InChI is InChI=1S/C15H15ClFN/c1-11(12-5-3-2-4-6-12)10-18-15-8-7-13(17)9-14(15)16/h2-9,11,18H,10H2,1H3. The molecule has 1 unspecified atom stereocenters. The highest BCUT2D eigenvalue weighted by molar-refractivity contribution is 6.33. The molecule has 94 valence electrons. The van der Waals surface area contributed by atoms with Crippen LogP contribution in [0.15, 0.2) is 48.5 Å². The Kier molecular flexibility index (Phi) is 4.21. The second-order valence-electron chi connectivity index (χ2n) is 4.32. The van der Waals surface area contributed by atoms with Gasteiger partial charge in [-0.05, 0) is 29.7 Å². The predicted octanol–water partition coefficient (Wildman–Crippen LogP) is 4.69. The minimum absolute atomic E-state index is 0.318. The minimum atomic E-state index is -0.318. The first-order valence-corrected chi connectivity index (χ1v) is 6.28. The molecular formula is C15H15ClFN. The SMILES string of the molecule is CC(CNc1ccc(F)cc1Cl)c1ccccc1. The van der Waals surface area contributed by atoms with Crippen molar-refractivity contribution in [1.29, 1.82) is 0 Å². The molecule has 0 saturated heterocycles. The minimum Gasteiger partial charge on any atom is -0.383 e. The largest absolute Gasteiger partial charge is 0.383 e. The fourth-order valence-electron chi connectivity index (χ4n) is 1.80. The van der Waals surface area contributed by atoms with E-state index in [9.17, 15) is 4.39 Å². The van der Waals surface area contributed by atoms with Gasteiger partial charge in [0, 0.05) is 6.54 Å². The van der Waals surface area contributed by atoms with E-state index >= 15 is 0 Å². The molecule has 3 heteroatoms. The highest BCUT2D eigenvalue weighted by Crippen LogP contribution is 2.23. The smallest absolute Gasteiger partial charge is 0.124 e. The Balaban J connectivity index is 1.99. The fraction of sp³-hybridized carbons (Fsp3) is 0.200. The molecule has 2 aromatic rings. The maximum Gasteiger partial charge on any atom is 0.124 e. The van der Waals surface area contributed by atoms with Crippen LogP contribution in [0, 0.1) is 5.82 Å². The molecule has 18 heavy (non-hydrogen) atoms. The van der Waals surface area contributed by atoms with Crippen LogP contribution in [0.2, 0.25) is 5.02 Å². The van der Waals surface area contributed by atoms with Crippen molar-refractivity contribution in [3.63, 3.8) is 0 Å². The van der Waals surface area contributed by atoms with Crippen LogP contribution in [0.4, 0.5) is 10.1 Å². The quantitative estimate of drug-likeness (QED) is 0.843. The van der Waals surface area contributed by atoms with E-state index in [-0.39, 0.29) is 5.82 Å². The van der Waals surface area contributed by atoms with Gasteiger partial charge in [0.1, 0.15) is 5.82 Å². The van der Waals surface area contributed by atoms with E-state index < -0.39 is 0 Å². The van der Waals surface area contributed by atoms with Crippen LogP contribution in [0.1, 0.15) is 18.4 Å². The summed E-state index contributed by atoms with van der Waals surface area (Å²) >= 11 is 5.96. The van der Waals surface area contributed by atoms with Gasteiger partial charge in [0.05, 0.1) is 10.7 Å². The lowest BCUT2D eigenvalue weighted by Crippen LogP contribution is -2.10. The van der Waals surface area contributed by atoms with E-state index in [1.54, 1.807) is 6.07 Å². The average Bonchev–Trinajstić information content (AvgIpc) is 2.38. The summed E-state index contributed by atoms with van der Waals surface area (Å²) in [4.78, 5) is 0. The molecule has 0 amide bonds. The third-order valence-electron chi connectivity index (χ3n) is 2.90. The zero-order valence-electron chi connectivity index (χ0n) is 10.2. The first-order valence-electron chi connectivity index (χ1n) is 5.90. The molecule has 0 aliphatic rings. The van der Waals surface area contributed by atoms with Gasteiger partial charge in [-0.1, -0.05) is 48.9 Å². The van der Waals surface area contributed by atoms with Gasteiger partial charge in [0.2, 0.25) is 0 Å². The molecule has 0 bridgehead atoms. The Morgan fingerprint density at radius 1 is 1.17 bits per heavy atom. The second kappa shape index (κ2) is 5.87. The number of hydrogen-bond acceptors (Lipinski definition) is 1. The lowest BCUT2D eigenvalue weighted by molar-refractivity contribution is 0.628. The molecule has 1 nitrogen and oxygen atoms in total. The second-order valence-corrected chi connectivity index (χ2v) is 4.72. The molecule has 0 spiro atoms. The number of anilines is 1. The molecule has 0 aliphatic carbocycles. The molecular weight excluding hydrogens is 249 g/mol. The Morgan fingerprint density at radius 3 is 2.56 bits per heavy atom. The summed E-state index contributed by atoms with van der Waals surface area (Å²) in [6, 6.07) is 14.6. The van der Waals surface area contributed by atoms with E-state index in [2.05, 4.69) is 24.4 Å². The number of hydrogen-bond donors (Lipinski definition) is 1. The van der Waals surface area contributed by atoms with Crippen LogP contribution in [-0.4, -0.2) is 6.54 Å². The summed E-state index contributed by atoms with van der Waals surface area (Å²) < 4.78 is 12.9. The summed E-state index contributed by atoms with van der Waals surface area (Å²) in [6.07, 6.45) is 0. The third-order valence-corrected chi connectivity index (χ3v) is 3.21. The van der Waals surface area contributed by atoms with Crippen LogP contribution < -0.4 is 5.32 Å². The van der Waals surface area contributed by atoms with Crippen molar-refractivity contribution in [2.24, 2.45) is 0 Å². The summed E-state index contributed by atoms with van der Waals surface area (Å²) in [6.45, 7) is 2.90. The van der Waals surface area contributed by atoms with Gasteiger partial charge in [-0.3, -0.25) is 0 Å². The van der Waals surface area contributed by atoms with Crippen molar-refractivity contribution >= 4 is 17.3 Å². The van der Waals surface area contributed by atoms with E-state index in [4.69, 9.17) is 11.6 Å². The Labute approximate surface area is 112 Å². The zero-order chi connectivity index (χ0) is 13.0. The molecule has 0 fully saturated rings. The van der Waals surface area contributed by atoms with Gasteiger partial charge in [0.15, 0.2) is 0 Å². The van der Waals surface area contributed by atoms with Crippen molar-refractivity contribution in [3.8, 4) is 0 Å². The van der Waals surface area contributed by atoms with Gasteiger partial charge in [-0.25, -0.2) is 4.39 Å². The van der Waals surface area contributed by atoms with Gasteiger partial charge in [0.25, 0.3) is 0 Å². The number of halogens is 2. The van der Waals surface area contributed by atoms with E-state index in [0.717, 1.165) is 12.2 Å². The maximum absolute atomic E-state index is 12.9. The molecule has 1 atom stereocenters. The van der Waals surface area contributed by atoms with Crippen LogP contribution in [0.5, 0.6) is 0 Å². The predicted molar refractivity (Wildman–Crippen MR) is 74.8 cm³/mol. The first-order chi connectivity index (χ1) is 8.66. The van der Waals surface area contributed by atoms with Crippen molar-refractivity contribution in [1.82, 2.24) is 0 Å². The average molecular weight is 264 g/mol. The van der Waals surface area contributed by atoms with E-state index in [1.807, 2.05) is 18.2 Å². The lowest BCUT2D eigenvalue weighted by Gasteiger charge is -2.14. The molecule has 2 rings (SSSR count). The zero-order valence-corrected chi connectivity index (χ0v) is 10.9.